The molecular weight excluding hydrogens is 299 g/mol. The smallest absolute Gasteiger partial charge is 0.405 e. The van der Waals surface area contributed by atoms with Crippen LogP contribution in [0.5, 0.6) is 5.75 Å². The zero-order chi connectivity index (χ0) is 16.6. The van der Waals surface area contributed by atoms with Crippen molar-refractivity contribution in [2.75, 3.05) is 13.7 Å². The van der Waals surface area contributed by atoms with Gasteiger partial charge in [0, 0.05) is 24.8 Å². The van der Waals surface area contributed by atoms with Gasteiger partial charge in [-0.2, -0.15) is 0 Å². The fourth-order valence-electron chi connectivity index (χ4n) is 1.57. The molecule has 0 unspecified atom stereocenters. The molecule has 1 heterocycles. The maximum atomic E-state index is 12.3. The summed E-state index contributed by atoms with van der Waals surface area (Å²) < 4.78 is 50.0. The van der Waals surface area contributed by atoms with Crippen LogP contribution in [0, 0.1) is 0 Å². The summed E-state index contributed by atoms with van der Waals surface area (Å²) in [6.45, 7) is 4.69. The van der Waals surface area contributed by atoms with Crippen LogP contribution < -0.4 is 4.74 Å². The highest BCUT2D eigenvalue weighted by molar-refractivity contribution is 5.69. The van der Waals surface area contributed by atoms with E-state index in [2.05, 4.69) is 19.2 Å². The molecule has 0 saturated heterocycles. The Morgan fingerprint density at radius 1 is 1.23 bits per heavy atom. The third-order valence-corrected chi connectivity index (χ3v) is 2.71. The third kappa shape index (κ3) is 5.77. The molecule has 1 aromatic heterocycles. The van der Waals surface area contributed by atoms with Gasteiger partial charge in [-0.25, -0.2) is 0 Å². The fraction of sp³-hybridized carbons (Fsp3) is 0.400. The lowest BCUT2D eigenvalue weighted by atomic mass is 10.0. The van der Waals surface area contributed by atoms with Crippen molar-refractivity contribution in [2.45, 2.75) is 26.6 Å². The molecule has 0 aliphatic carbocycles. The molecule has 2 aromatic rings. The van der Waals surface area contributed by atoms with Crippen molar-refractivity contribution in [1.82, 2.24) is 5.16 Å². The van der Waals surface area contributed by atoms with Gasteiger partial charge < -0.3 is 14.0 Å². The van der Waals surface area contributed by atoms with Gasteiger partial charge in [0.05, 0.1) is 6.20 Å². The van der Waals surface area contributed by atoms with Gasteiger partial charge in [-0.3, -0.25) is 0 Å². The number of aryl methyl sites for hydroxylation is 1. The number of hydrogen-bond acceptors (Lipinski definition) is 4. The maximum Gasteiger partial charge on any atom is 0.573 e. The lowest BCUT2D eigenvalue weighted by Gasteiger charge is -2.13. The van der Waals surface area contributed by atoms with E-state index in [9.17, 15) is 13.2 Å². The minimum absolute atomic E-state index is 0.261. The molecule has 0 bridgehead atoms. The van der Waals surface area contributed by atoms with E-state index in [1.54, 1.807) is 19.2 Å². The molecule has 0 amide bonds. The summed E-state index contributed by atoms with van der Waals surface area (Å²) in [5.41, 5.74) is 1.66. The zero-order valence-corrected chi connectivity index (χ0v) is 12.6. The largest absolute Gasteiger partial charge is 0.573 e. The number of methoxy groups -OCH3 is 1. The predicted octanol–water partition coefficient (Wildman–Crippen LogP) is 4.46. The molecule has 2 rings (SSSR count). The summed E-state index contributed by atoms with van der Waals surface area (Å²) in [7, 11) is 1.68. The summed E-state index contributed by atoms with van der Waals surface area (Å²) >= 11 is 0. The molecule has 0 atom stereocenters. The highest BCUT2D eigenvalue weighted by atomic mass is 19.4. The maximum absolute atomic E-state index is 12.3. The Bertz CT molecular complexity index is 552. The summed E-state index contributed by atoms with van der Waals surface area (Å²) in [6.07, 6.45) is -1.39. The van der Waals surface area contributed by atoms with Gasteiger partial charge in [-0.1, -0.05) is 18.1 Å². The molecule has 122 valence electrons. The second-order valence-electron chi connectivity index (χ2n) is 4.22. The number of rotatable bonds is 4. The summed E-state index contributed by atoms with van der Waals surface area (Å²) in [6, 6.07) is 4.53. The number of nitrogens with zero attached hydrogens (tertiary/aromatic N) is 1. The number of hydrogen-bond donors (Lipinski definition) is 0. The molecule has 7 heteroatoms. The first-order valence-electron chi connectivity index (χ1n) is 6.68. The number of alkyl halides is 3. The van der Waals surface area contributed by atoms with Crippen molar-refractivity contribution in [3.63, 3.8) is 0 Å². The van der Waals surface area contributed by atoms with Crippen LogP contribution >= 0.6 is 0 Å². The Morgan fingerprint density at radius 3 is 2.36 bits per heavy atom. The lowest BCUT2D eigenvalue weighted by molar-refractivity contribution is -0.274. The van der Waals surface area contributed by atoms with E-state index in [0.29, 0.717) is 17.5 Å². The first-order valence-corrected chi connectivity index (χ1v) is 6.68. The summed E-state index contributed by atoms with van der Waals surface area (Å²) in [5.74, 6) is -0.261. The third-order valence-electron chi connectivity index (χ3n) is 2.71. The predicted molar refractivity (Wildman–Crippen MR) is 75.6 cm³/mol. The van der Waals surface area contributed by atoms with Crippen LogP contribution in [0.2, 0.25) is 0 Å². The Hall–Kier alpha value is -2.02. The average Bonchev–Trinajstić information content (AvgIpc) is 3.00. The number of benzene rings is 1. The van der Waals surface area contributed by atoms with Gasteiger partial charge >= 0.3 is 6.36 Å². The molecule has 0 fully saturated rings. The van der Waals surface area contributed by atoms with Crippen molar-refractivity contribution in [3.8, 4) is 16.9 Å². The van der Waals surface area contributed by atoms with Crippen LogP contribution in [0.1, 0.15) is 19.4 Å². The van der Waals surface area contributed by atoms with Crippen LogP contribution in [-0.2, 0) is 11.2 Å². The monoisotopic (exact) mass is 317 g/mol. The van der Waals surface area contributed by atoms with Gasteiger partial charge in [0.25, 0.3) is 0 Å². The number of ether oxygens (including phenoxy) is 2. The van der Waals surface area contributed by atoms with Gasteiger partial charge in [-0.05, 0) is 31.0 Å². The molecule has 0 saturated carbocycles. The minimum atomic E-state index is -4.72. The van der Waals surface area contributed by atoms with Crippen LogP contribution in [0.15, 0.2) is 35.2 Å². The van der Waals surface area contributed by atoms with Crippen molar-refractivity contribution < 1.29 is 27.2 Å². The molecule has 4 nitrogen and oxygen atoms in total. The minimum Gasteiger partial charge on any atom is -0.405 e. The van der Waals surface area contributed by atoms with Gasteiger partial charge in [0.2, 0.25) is 0 Å². The molecule has 0 spiro atoms. The normalized spacial score (nSPS) is 10.8. The molecule has 0 N–H and O–H groups in total. The second kappa shape index (κ2) is 8.43. The Labute approximate surface area is 126 Å². The van der Waals surface area contributed by atoms with E-state index < -0.39 is 6.36 Å². The molecular formula is C15H18F3NO3. The quantitative estimate of drug-likeness (QED) is 0.835. The van der Waals surface area contributed by atoms with Crippen molar-refractivity contribution >= 4 is 0 Å². The summed E-state index contributed by atoms with van der Waals surface area (Å²) in [5, 5.41) is 3.48. The number of halogens is 3. The second-order valence-corrected chi connectivity index (χ2v) is 4.22. The molecule has 0 aliphatic heterocycles. The summed E-state index contributed by atoms with van der Waals surface area (Å²) in [4.78, 5) is 0. The highest BCUT2D eigenvalue weighted by Crippen LogP contribution is 2.34. The number of aromatic nitrogens is 1. The first kappa shape index (κ1) is 18.0. The standard InChI is InChI=1S/C12H10F3NO2.C3H8O/c1-2-8-3-4-11(18-12(13,14)15)10(5-8)9-6-16-17-7-9;1-3-4-2/h3-7H,2H2,1H3;3H2,1-2H3. The fourth-order valence-corrected chi connectivity index (χ4v) is 1.57. The molecule has 1 aromatic carbocycles. The van der Waals surface area contributed by atoms with Gasteiger partial charge in [0.1, 0.15) is 12.0 Å². The molecule has 0 radical (unpaired) electrons. The van der Waals surface area contributed by atoms with E-state index in [0.717, 1.165) is 12.2 Å². The van der Waals surface area contributed by atoms with E-state index in [1.165, 1.54) is 18.5 Å². The lowest BCUT2D eigenvalue weighted by Crippen LogP contribution is -2.17. The van der Waals surface area contributed by atoms with Crippen molar-refractivity contribution in [2.24, 2.45) is 0 Å². The Kier molecular flexibility index (Phi) is 6.91. The van der Waals surface area contributed by atoms with Crippen molar-refractivity contribution in [3.05, 3.63) is 36.2 Å². The van der Waals surface area contributed by atoms with Crippen LogP contribution in [0.4, 0.5) is 13.2 Å². The van der Waals surface area contributed by atoms with Crippen LogP contribution in [0.3, 0.4) is 0 Å². The van der Waals surface area contributed by atoms with Crippen LogP contribution in [0.25, 0.3) is 11.1 Å². The van der Waals surface area contributed by atoms with Crippen molar-refractivity contribution in [1.29, 1.82) is 0 Å². The van der Waals surface area contributed by atoms with E-state index in [-0.39, 0.29) is 5.75 Å². The Morgan fingerprint density at radius 2 is 1.91 bits per heavy atom. The Balaban J connectivity index is 0.000000541. The zero-order valence-electron chi connectivity index (χ0n) is 12.6. The molecule has 0 aliphatic rings. The SMILES string of the molecule is CCOC.CCc1ccc(OC(F)(F)F)c(-c2cnoc2)c1. The van der Waals surface area contributed by atoms with E-state index >= 15 is 0 Å². The van der Waals surface area contributed by atoms with Gasteiger partial charge in [-0.15, -0.1) is 13.2 Å². The average molecular weight is 317 g/mol. The van der Waals surface area contributed by atoms with E-state index in [4.69, 9.17) is 0 Å². The van der Waals surface area contributed by atoms with Gasteiger partial charge in [0.15, 0.2) is 0 Å². The van der Waals surface area contributed by atoms with E-state index in [1.807, 2.05) is 13.8 Å². The highest BCUT2D eigenvalue weighted by Gasteiger charge is 2.32. The van der Waals surface area contributed by atoms with Crippen LogP contribution in [-0.4, -0.2) is 25.2 Å². The first-order chi connectivity index (χ1) is 10.4. The topological polar surface area (TPSA) is 44.5 Å². The molecule has 22 heavy (non-hydrogen) atoms.